The van der Waals surface area contributed by atoms with Crippen LogP contribution in [0, 0.1) is 0 Å². The summed E-state index contributed by atoms with van der Waals surface area (Å²) in [6, 6.07) is 0. The molecule has 2 nitrogen and oxygen atoms in total. The molecule has 0 fully saturated rings. The predicted molar refractivity (Wildman–Crippen MR) is 141 cm³/mol. The Morgan fingerprint density at radius 3 is 1.00 bits per heavy atom. The van der Waals surface area contributed by atoms with Crippen molar-refractivity contribution in [3.8, 4) is 0 Å². The highest BCUT2D eigenvalue weighted by Crippen LogP contribution is 2.14. The van der Waals surface area contributed by atoms with Crippen LogP contribution in [-0.4, -0.2) is 24.8 Å². The Morgan fingerprint density at radius 1 is 0.355 bits per heavy atom. The highest BCUT2D eigenvalue weighted by Gasteiger charge is 2.05. The number of hydrogen-bond acceptors (Lipinski definition) is 2. The largest absolute Gasteiger partial charge is 0.299 e. The van der Waals surface area contributed by atoms with E-state index in [1.165, 1.54) is 148 Å². The molecule has 0 aromatic heterocycles. The first-order chi connectivity index (χ1) is 15.3. The summed E-state index contributed by atoms with van der Waals surface area (Å²) in [5.74, 6) is 0. The van der Waals surface area contributed by atoms with E-state index in [0.717, 1.165) is 19.7 Å². The van der Waals surface area contributed by atoms with Crippen LogP contribution in [-0.2, 0) is 4.84 Å². The lowest BCUT2D eigenvalue weighted by Crippen LogP contribution is -2.27. The van der Waals surface area contributed by atoms with E-state index < -0.39 is 0 Å². The third-order valence-electron chi connectivity index (χ3n) is 6.54. The van der Waals surface area contributed by atoms with Crippen molar-refractivity contribution in [3.05, 3.63) is 0 Å². The van der Waals surface area contributed by atoms with Gasteiger partial charge in [-0.15, -0.1) is 0 Å². The molecule has 0 aromatic rings. The van der Waals surface area contributed by atoms with Crippen LogP contribution in [0.2, 0.25) is 0 Å². The predicted octanol–water partition coefficient (Wildman–Crippen LogP) is 10.3. The molecular formula is C29H61NO. The van der Waals surface area contributed by atoms with E-state index in [4.69, 9.17) is 4.84 Å². The van der Waals surface area contributed by atoms with Crippen molar-refractivity contribution in [1.29, 1.82) is 0 Å². The van der Waals surface area contributed by atoms with Gasteiger partial charge in [-0.05, 0) is 19.3 Å². The molecule has 0 radical (unpaired) electrons. The van der Waals surface area contributed by atoms with Crippen molar-refractivity contribution >= 4 is 0 Å². The summed E-state index contributed by atoms with van der Waals surface area (Å²) >= 11 is 0. The normalized spacial score (nSPS) is 11.6. The van der Waals surface area contributed by atoms with Crippen molar-refractivity contribution in [2.75, 3.05) is 19.7 Å². The first kappa shape index (κ1) is 30.9. The quantitative estimate of drug-likeness (QED) is 0.0932. The number of hydrogen-bond donors (Lipinski definition) is 0. The summed E-state index contributed by atoms with van der Waals surface area (Å²) in [6.07, 6.45) is 32.1. The molecule has 0 aromatic carbocycles. The first-order valence-electron chi connectivity index (χ1n) is 14.7. The molecule has 0 saturated carbocycles. The van der Waals surface area contributed by atoms with E-state index >= 15 is 0 Å². The monoisotopic (exact) mass is 439 g/mol. The van der Waals surface area contributed by atoms with Crippen LogP contribution in [0.15, 0.2) is 0 Å². The Bertz CT molecular complexity index is 297. The van der Waals surface area contributed by atoms with Crippen molar-refractivity contribution in [3.63, 3.8) is 0 Å². The number of unbranched alkanes of at least 4 members (excludes halogenated alkanes) is 20. The minimum atomic E-state index is 0.927. The molecule has 0 aliphatic rings. The van der Waals surface area contributed by atoms with Gasteiger partial charge >= 0.3 is 0 Å². The molecule has 31 heavy (non-hydrogen) atoms. The third kappa shape index (κ3) is 26.1. The minimum absolute atomic E-state index is 0.927. The molecule has 0 bridgehead atoms. The molecule has 0 N–H and O–H groups in total. The van der Waals surface area contributed by atoms with Gasteiger partial charge in [0.25, 0.3) is 0 Å². The Morgan fingerprint density at radius 2 is 0.645 bits per heavy atom. The summed E-state index contributed by atoms with van der Waals surface area (Å²) in [7, 11) is 0. The molecule has 0 aliphatic carbocycles. The van der Waals surface area contributed by atoms with Crippen molar-refractivity contribution < 1.29 is 4.84 Å². The summed E-state index contributed by atoms with van der Waals surface area (Å²) in [6.45, 7) is 10.0. The molecule has 0 heterocycles. The highest BCUT2D eigenvalue weighted by atomic mass is 16.7. The zero-order chi connectivity index (χ0) is 22.7. The fraction of sp³-hybridized carbons (Fsp3) is 1.00. The maximum atomic E-state index is 6.09. The summed E-state index contributed by atoms with van der Waals surface area (Å²) < 4.78 is 0. The summed E-state index contributed by atoms with van der Waals surface area (Å²) in [5, 5.41) is 2.26. The van der Waals surface area contributed by atoms with Gasteiger partial charge in [-0.1, -0.05) is 149 Å². The highest BCUT2D eigenvalue weighted by molar-refractivity contribution is 4.52. The first-order valence-corrected chi connectivity index (χ1v) is 14.7. The minimum Gasteiger partial charge on any atom is -0.299 e. The van der Waals surface area contributed by atoms with Gasteiger partial charge < -0.3 is 0 Å². The molecule has 0 aliphatic heterocycles. The Hall–Kier alpha value is -0.0800. The molecule has 188 valence electrons. The fourth-order valence-electron chi connectivity index (χ4n) is 4.34. The van der Waals surface area contributed by atoms with Gasteiger partial charge in [-0.3, -0.25) is 4.84 Å². The molecule has 0 atom stereocenters. The van der Waals surface area contributed by atoms with Crippen LogP contribution in [0.3, 0.4) is 0 Å². The van der Waals surface area contributed by atoms with E-state index in [9.17, 15) is 0 Å². The molecular weight excluding hydrogens is 378 g/mol. The van der Waals surface area contributed by atoms with Crippen LogP contribution >= 0.6 is 0 Å². The third-order valence-corrected chi connectivity index (χ3v) is 6.54. The van der Waals surface area contributed by atoms with E-state index in [0.29, 0.717) is 0 Å². The molecule has 0 saturated heterocycles. The average Bonchev–Trinajstić information content (AvgIpc) is 2.78. The smallest absolute Gasteiger partial charge is 0.0685 e. The zero-order valence-electron chi connectivity index (χ0n) is 22.2. The van der Waals surface area contributed by atoms with E-state index in [-0.39, 0.29) is 0 Å². The lowest BCUT2D eigenvalue weighted by molar-refractivity contribution is -0.161. The van der Waals surface area contributed by atoms with E-state index in [1.54, 1.807) is 0 Å². The average molecular weight is 440 g/mol. The van der Waals surface area contributed by atoms with Crippen molar-refractivity contribution in [1.82, 2.24) is 5.06 Å². The lowest BCUT2D eigenvalue weighted by atomic mass is 10.0. The van der Waals surface area contributed by atoms with Crippen LogP contribution < -0.4 is 0 Å². The Labute approximate surface area is 198 Å². The van der Waals surface area contributed by atoms with Crippen LogP contribution in [0.5, 0.6) is 0 Å². The molecule has 2 heteroatoms. The topological polar surface area (TPSA) is 12.5 Å². The molecule has 0 unspecified atom stereocenters. The van der Waals surface area contributed by atoms with Gasteiger partial charge in [-0.25, -0.2) is 0 Å². The van der Waals surface area contributed by atoms with Gasteiger partial charge in [0.15, 0.2) is 0 Å². The molecule has 0 amide bonds. The summed E-state index contributed by atoms with van der Waals surface area (Å²) in [5.41, 5.74) is 0. The summed E-state index contributed by atoms with van der Waals surface area (Å²) in [4.78, 5) is 6.09. The van der Waals surface area contributed by atoms with E-state index in [1.807, 2.05) is 0 Å². The van der Waals surface area contributed by atoms with Gasteiger partial charge in [-0.2, -0.15) is 5.06 Å². The van der Waals surface area contributed by atoms with Gasteiger partial charge in [0.2, 0.25) is 0 Å². The zero-order valence-corrected chi connectivity index (χ0v) is 22.2. The van der Waals surface area contributed by atoms with Crippen LogP contribution in [0.4, 0.5) is 0 Å². The van der Waals surface area contributed by atoms with Crippen molar-refractivity contribution in [2.24, 2.45) is 0 Å². The molecule has 0 rings (SSSR count). The second kappa shape index (κ2) is 28.0. The lowest BCUT2D eigenvalue weighted by Gasteiger charge is -2.21. The second-order valence-electron chi connectivity index (χ2n) is 9.83. The Kier molecular flexibility index (Phi) is 27.9. The van der Waals surface area contributed by atoms with Crippen molar-refractivity contribution in [2.45, 2.75) is 168 Å². The maximum Gasteiger partial charge on any atom is 0.0685 e. The molecule has 0 spiro atoms. The standard InChI is InChI=1S/C29H61NO/c1-4-7-10-11-12-13-14-15-16-17-18-19-20-21-22-23-26-29-31-30(27-24-8-5-2)28-25-9-6-3/h4-29H2,1-3H3. The van der Waals surface area contributed by atoms with E-state index in [2.05, 4.69) is 25.8 Å². The second-order valence-corrected chi connectivity index (χ2v) is 9.83. The van der Waals surface area contributed by atoms with Gasteiger partial charge in [0, 0.05) is 13.1 Å². The fourth-order valence-corrected chi connectivity index (χ4v) is 4.34. The number of rotatable bonds is 27. The SMILES string of the molecule is CCCCCCCCCCCCCCCCCCCON(CCCCC)CCCCC. The van der Waals surface area contributed by atoms with Crippen LogP contribution in [0.1, 0.15) is 168 Å². The Balaban J connectivity index is 3.32. The van der Waals surface area contributed by atoms with Gasteiger partial charge in [0.1, 0.15) is 0 Å². The maximum absolute atomic E-state index is 6.09. The van der Waals surface area contributed by atoms with Crippen LogP contribution in [0.25, 0.3) is 0 Å². The number of hydroxylamine groups is 2. The number of nitrogens with zero attached hydrogens (tertiary/aromatic N) is 1. The van der Waals surface area contributed by atoms with Gasteiger partial charge in [0.05, 0.1) is 6.61 Å².